The SMILES string of the molecule is CCC1COC(C)CN1Cc1nc(NC)c2ccsc2n1. The molecular formula is C15H22N4OS. The maximum absolute atomic E-state index is 5.76. The molecule has 1 saturated heterocycles. The van der Waals surface area contributed by atoms with Crippen LogP contribution in [0.1, 0.15) is 26.1 Å². The largest absolute Gasteiger partial charge is 0.376 e. The van der Waals surface area contributed by atoms with Crippen LogP contribution in [0, 0.1) is 0 Å². The number of ether oxygens (including phenoxy) is 1. The smallest absolute Gasteiger partial charge is 0.146 e. The number of nitrogens with zero attached hydrogens (tertiary/aromatic N) is 3. The molecule has 114 valence electrons. The van der Waals surface area contributed by atoms with Crippen LogP contribution in [-0.2, 0) is 11.3 Å². The van der Waals surface area contributed by atoms with Crippen molar-refractivity contribution < 1.29 is 4.74 Å². The van der Waals surface area contributed by atoms with Gasteiger partial charge < -0.3 is 10.1 Å². The lowest BCUT2D eigenvalue weighted by Crippen LogP contribution is -2.48. The predicted molar refractivity (Wildman–Crippen MR) is 86.9 cm³/mol. The van der Waals surface area contributed by atoms with Crippen LogP contribution in [0.5, 0.6) is 0 Å². The zero-order chi connectivity index (χ0) is 14.8. The van der Waals surface area contributed by atoms with E-state index in [1.54, 1.807) is 11.3 Å². The van der Waals surface area contributed by atoms with Crippen molar-refractivity contribution in [1.29, 1.82) is 0 Å². The lowest BCUT2D eigenvalue weighted by atomic mass is 10.1. The third-order valence-electron chi connectivity index (χ3n) is 4.01. The second-order valence-corrected chi connectivity index (χ2v) is 6.41. The van der Waals surface area contributed by atoms with E-state index in [-0.39, 0.29) is 6.10 Å². The first-order valence-corrected chi connectivity index (χ1v) is 8.36. The average molecular weight is 306 g/mol. The fourth-order valence-electron chi connectivity index (χ4n) is 2.82. The molecule has 0 bridgehead atoms. The van der Waals surface area contributed by atoms with Crippen LogP contribution >= 0.6 is 11.3 Å². The minimum absolute atomic E-state index is 0.280. The first-order chi connectivity index (χ1) is 10.2. The molecule has 6 heteroatoms. The molecule has 0 saturated carbocycles. The summed E-state index contributed by atoms with van der Waals surface area (Å²) in [5, 5.41) is 6.35. The molecule has 1 aliphatic heterocycles. The Balaban J connectivity index is 1.86. The van der Waals surface area contributed by atoms with Crippen LogP contribution in [0.15, 0.2) is 11.4 Å². The van der Waals surface area contributed by atoms with Crippen molar-refractivity contribution in [2.24, 2.45) is 0 Å². The van der Waals surface area contributed by atoms with E-state index in [2.05, 4.69) is 40.5 Å². The second kappa shape index (κ2) is 6.25. The van der Waals surface area contributed by atoms with E-state index in [1.165, 1.54) is 0 Å². The Morgan fingerprint density at radius 2 is 2.33 bits per heavy atom. The number of anilines is 1. The van der Waals surface area contributed by atoms with Gasteiger partial charge in [-0.3, -0.25) is 4.90 Å². The molecule has 0 spiro atoms. The highest BCUT2D eigenvalue weighted by Gasteiger charge is 2.26. The Morgan fingerprint density at radius 3 is 3.10 bits per heavy atom. The van der Waals surface area contributed by atoms with Gasteiger partial charge in [0.25, 0.3) is 0 Å². The van der Waals surface area contributed by atoms with E-state index in [4.69, 9.17) is 9.72 Å². The minimum atomic E-state index is 0.280. The summed E-state index contributed by atoms with van der Waals surface area (Å²) in [6.45, 7) is 6.87. The molecule has 1 aliphatic rings. The van der Waals surface area contributed by atoms with Crippen LogP contribution in [0.2, 0.25) is 0 Å². The summed E-state index contributed by atoms with van der Waals surface area (Å²) in [5.41, 5.74) is 0. The summed E-state index contributed by atoms with van der Waals surface area (Å²) in [6, 6.07) is 2.53. The number of hydrogen-bond donors (Lipinski definition) is 1. The number of aromatic nitrogens is 2. The van der Waals surface area contributed by atoms with E-state index < -0.39 is 0 Å². The molecule has 0 aliphatic carbocycles. The number of hydrogen-bond acceptors (Lipinski definition) is 6. The van der Waals surface area contributed by atoms with Crippen LogP contribution < -0.4 is 5.32 Å². The van der Waals surface area contributed by atoms with E-state index in [0.29, 0.717) is 6.04 Å². The van der Waals surface area contributed by atoms with Gasteiger partial charge in [-0.15, -0.1) is 11.3 Å². The lowest BCUT2D eigenvalue weighted by Gasteiger charge is -2.37. The summed E-state index contributed by atoms with van der Waals surface area (Å²) >= 11 is 1.67. The van der Waals surface area contributed by atoms with Crippen LogP contribution in [0.4, 0.5) is 5.82 Å². The molecule has 3 rings (SSSR count). The van der Waals surface area contributed by atoms with Gasteiger partial charge in [0, 0.05) is 19.6 Å². The molecule has 2 aromatic heterocycles. The van der Waals surface area contributed by atoms with Crippen molar-refractivity contribution in [3.8, 4) is 0 Å². The Labute approximate surface area is 129 Å². The van der Waals surface area contributed by atoms with Crippen molar-refractivity contribution in [1.82, 2.24) is 14.9 Å². The average Bonchev–Trinajstić information content (AvgIpc) is 2.95. The van der Waals surface area contributed by atoms with Crippen molar-refractivity contribution in [2.45, 2.75) is 39.0 Å². The van der Waals surface area contributed by atoms with E-state index in [0.717, 1.165) is 48.0 Å². The fourth-order valence-corrected chi connectivity index (χ4v) is 3.61. The zero-order valence-corrected chi connectivity index (χ0v) is 13.6. The number of nitrogens with one attached hydrogen (secondary N) is 1. The maximum Gasteiger partial charge on any atom is 0.146 e. The van der Waals surface area contributed by atoms with Crippen molar-refractivity contribution in [3.63, 3.8) is 0 Å². The number of rotatable bonds is 4. The fraction of sp³-hybridized carbons (Fsp3) is 0.600. The molecule has 0 aromatic carbocycles. The van der Waals surface area contributed by atoms with Crippen molar-refractivity contribution >= 4 is 27.4 Å². The molecular weight excluding hydrogens is 284 g/mol. The molecule has 2 unspecified atom stereocenters. The molecule has 3 heterocycles. The van der Waals surface area contributed by atoms with Crippen LogP contribution in [0.25, 0.3) is 10.2 Å². The van der Waals surface area contributed by atoms with E-state index in [1.807, 2.05) is 7.05 Å². The Morgan fingerprint density at radius 1 is 1.48 bits per heavy atom. The summed E-state index contributed by atoms with van der Waals surface area (Å²) in [5.74, 6) is 1.81. The summed E-state index contributed by atoms with van der Waals surface area (Å²) in [4.78, 5) is 12.9. The quantitative estimate of drug-likeness (QED) is 0.941. The Hall–Kier alpha value is -1.24. The Kier molecular flexibility index (Phi) is 4.37. The zero-order valence-electron chi connectivity index (χ0n) is 12.8. The number of fused-ring (bicyclic) bond motifs is 1. The van der Waals surface area contributed by atoms with E-state index in [9.17, 15) is 0 Å². The van der Waals surface area contributed by atoms with Gasteiger partial charge in [0.1, 0.15) is 16.5 Å². The first-order valence-electron chi connectivity index (χ1n) is 7.48. The first kappa shape index (κ1) is 14.7. The molecule has 2 aromatic rings. The lowest BCUT2D eigenvalue weighted by molar-refractivity contribution is -0.0599. The summed E-state index contributed by atoms with van der Waals surface area (Å²) in [6.07, 6.45) is 1.37. The number of morpholine rings is 1. The minimum Gasteiger partial charge on any atom is -0.376 e. The highest BCUT2D eigenvalue weighted by molar-refractivity contribution is 7.16. The van der Waals surface area contributed by atoms with E-state index >= 15 is 0 Å². The van der Waals surface area contributed by atoms with Gasteiger partial charge in [-0.05, 0) is 24.8 Å². The second-order valence-electron chi connectivity index (χ2n) is 5.51. The molecule has 2 atom stereocenters. The third-order valence-corrected chi connectivity index (χ3v) is 4.81. The van der Waals surface area contributed by atoms with Gasteiger partial charge >= 0.3 is 0 Å². The van der Waals surface area contributed by atoms with Gasteiger partial charge in [-0.2, -0.15) is 0 Å². The van der Waals surface area contributed by atoms with Crippen LogP contribution in [0.3, 0.4) is 0 Å². The monoisotopic (exact) mass is 306 g/mol. The van der Waals surface area contributed by atoms with Gasteiger partial charge in [-0.25, -0.2) is 9.97 Å². The predicted octanol–water partition coefficient (Wildman–Crippen LogP) is 2.73. The molecule has 21 heavy (non-hydrogen) atoms. The highest BCUT2D eigenvalue weighted by atomic mass is 32.1. The molecule has 5 nitrogen and oxygen atoms in total. The number of thiophene rings is 1. The third kappa shape index (κ3) is 3.02. The Bertz CT molecular complexity index is 615. The topological polar surface area (TPSA) is 50.3 Å². The van der Waals surface area contributed by atoms with Gasteiger partial charge in [0.2, 0.25) is 0 Å². The summed E-state index contributed by atoms with van der Waals surface area (Å²) in [7, 11) is 1.91. The highest BCUT2D eigenvalue weighted by Crippen LogP contribution is 2.25. The molecule has 0 amide bonds. The van der Waals surface area contributed by atoms with Crippen LogP contribution in [-0.4, -0.2) is 47.2 Å². The van der Waals surface area contributed by atoms with Crippen molar-refractivity contribution in [2.75, 3.05) is 25.5 Å². The molecule has 1 fully saturated rings. The van der Waals surface area contributed by atoms with Gasteiger partial charge in [0.15, 0.2) is 0 Å². The normalized spacial score (nSPS) is 23.6. The van der Waals surface area contributed by atoms with Crippen molar-refractivity contribution in [3.05, 3.63) is 17.3 Å². The van der Waals surface area contributed by atoms with Gasteiger partial charge in [0.05, 0.1) is 24.6 Å². The summed E-state index contributed by atoms with van der Waals surface area (Å²) < 4.78 is 5.76. The standard InChI is InChI=1S/C15H22N4OS/c1-4-11-9-20-10(2)7-19(11)8-13-17-14(16-3)12-5-6-21-15(12)18-13/h5-6,10-11H,4,7-9H2,1-3H3,(H,16,17,18). The molecule has 0 radical (unpaired) electrons. The molecule has 1 N–H and O–H groups in total. The maximum atomic E-state index is 5.76. The van der Waals surface area contributed by atoms with Gasteiger partial charge in [-0.1, -0.05) is 6.92 Å².